The van der Waals surface area contributed by atoms with Crippen LogP contribution in [0.3, 0.4) is 0 Å². The molecule has 110 valence electrons. The fourth-order valence-corrected chi connectivity index (χ4v) is 4.45. The van der Waals surface area contributed by atoms with Crippen molar-refractivity contribution in [2.45, 2.75) is 30.7 Å². The van der Waals surface area contributed by atoms with Gasteiger partial charge in [0.1, 0.15) is 17.3 Å². The van der Waals surface area contributed by atoms with Crippen LogP contribution in [0.2, 0.25) is 0 Å². The van der Waals surface area contributed by atoms with Crippen LogP contribution in [0, 0.1) is 0 Å². The lowest BCUT2D eigenvalue weighted by Gasteiger charge is -2.24. The molecule has 0 aliphatic carbocycles. The Morgan fingerprint density at radius 2 is 1.95 bits per heavy atom. The maximum Gasteiger partial charge on any atom is 0.248 e. The molecule has 20 heavy (non-hydrogen) atoms. The molecular weight excluding hydrogens is 276 g/mol. The Balaban J connectivity index is 2.18. The van der Waals surface area contributed by atoms with E-state index in [0.717, 1.165) is 31.6 Å². The molecule has 1 atom stereocenters. The van der Waals surface area contributed by atoms with Gasteiger partial charge in [0.25, 0.3) is 0 Å². The maximum absolute atomic E-state index is 12.8. The molecule has 0 aromatic heterocycles. The van der Waals surface area contributed by atoms with Gasteiger partial charge in [0, 0.05) is 20.1 Å². The van der Waals surface area contributed by atoms with Crippen molar-refractivity contribution < 1.29 is 13.2 Å². The van der Waals surface area contributed by atoms with Crippen LogP contribution in [0.1, 0.15) is 19.8 Å². The van der Waals surface area contributed by atoms with Gasteiger partial charge in [-0.3, -0.25) is 0 Å². The van der Waals surface area contributed by atoms with Crippen LogP contribution in [0.5, 0.6) is 5.75 Å². The van der Waals surface area contributed by atoms with E-state index in [4.69, 9.17) is 4.74 Å². The Kier molecular flexibility index (Phi) is 3.38. The Labute approximate surface area is 120 Å². The molecule has 1 aromatic carbocycles. The first-order valence-electron chi connectivity index (χ1n) is 7.00. The fourth-order valence-electron chi connectivity index (χ4n) is 2.78. The monoisotopic (exact) mass is 296 g/mol. The van der Waals surface area contributed by atoms with Crippen molar-refractivity contribution in [2.24, 2.45) is 0 Å². The Morgan fingerprint density at radius 3 is 2.65 bits per heavy atom. The Bertz CT molecular complexity index is 609. The standard InChI is InChI=1S/C14H20N2O3S/c1-11-10-19-13-7-5-6-12(16-8-3-4-9-16)14(13)20(17,18)15(11)2/h5-7,11H,3-4,8-10H2,1-2H3/t11-/m0/s1. The third-order valence-electron chi connectivity index (χ3n) is 4.14. The summed E-state index contributed by atoms with van der Waals surface area (Å²) >= 11 is 0. The lowest BCUT2D eigenvalue weighted by Crippen LogP contribution is -2.37. The first-order chi connectivity index (χ1) is 9.51. The first-order valence-corrected chi connectivity index (χ1v) is 8.44. The van der Waals surface area contributed by atoms with Crippen molar-refractivity contribution in [1.82, 2.24) is 4.31 Å². The highest BCUT2D eigenvalue weighted by Crippen LogP contribution is 2.39. The summed E-state index contributed by atoms with van der Waals surface area (Å²) in [5, 5.41) is 0. The smallest absolute Gasteiger partial charge is 0.248 e. The number of anilines is 1. The molecule has 0 spiro atoms. The third kappa shape index (κ3) is 2.07. The van der Waals surface area contributed by atoms with Gasteiger partial charge in [0.15, 0.2) is 0 Å². The van der Waals surface area contributed by atoms with Crippen molar-refractivity contribution in [1.29, 1.82) is 0 Å². The van der Waals surface area contributed by atoms with Crippen LogP contribution in [0.15, 0.2) is 23.1 Å². The van der Waals surface area contributed by atoms with Crippen molar-refractivity contribution >= 4 is 15.7 Å². The Morgan fingerprint density at radius 1 is 1.25 bits per heavy atom. The molecule has 1 aromatic rings. The highest BCUT2D eigenvalue weighted by molar-refractivity contribution is 7.89. The maximum atomic E-state index is 12.8. The van der Waals surface area contributed by atoms with Crippen LogP contribution in [0.25, 0.3) is 0 Å². The van der Waals surface area contributed by atoms with Crippen molar-refractivity contribution in [3.05, 3.63) is 18.2 Å². The van der Waals surface area contributed by atoms with Gasteiger partial charge in [-0.25, -0.2) is 8.42 Å². The molecule has 3 rings (SSSR count). The number of benzene rings is 1. The van der Waals surface area contributed by atoms with E-state index in [2.05, 4.69) is 4.90 Å². The molecule has 0 amide bonds. The molecule has 1 fully saturated rings. The highest BCUT2D eigenvalue weighted by atomic mass is 32.2. The van der Waals surface area contributed by atoms with Gasteiger partial charge in [-0.15, -0.1) is 0 Å². The number of rotatable bonds is 1. The van der Waals surface area contributed by atoms with Gasteiger partial charge in [0.2, 0.25) is 10.0 Å². The number of sulfonamides is 1. The first kappa shape index (κ1) is 13.7. The highest BCUT2D eigenvalue weighted by Gasteiger charge is 2.36. The molecule has 2 aliphatic rings. The topological polar surface area (TPSA) is 49.9 Å². The third-order valence-corrected chi connectivity index (χ3v) is 6.19. The molecule has 0 saturated carbocycles. The van der Waals surface area contributed by atoms with Crippen LogP contribution in [-0.2, 0) is 10.0 Å². The van der Waals surface area contributed by atoms with Gasteiger partial charge < -0.3 is 9.64 Å². The molecule has 2 aliphatic heterocycles. The van der Waals surface area contributed by atoms with Crippen molar-refractivity contribution in [2.75, 3.05) is 31.6 Å². The minimum Gasteiger partial charge on any atom is -0.490 e. The van der Waals surface area contributed by atoms with E-state index in [9.17, 15) is 8.42 Å². The van der Waals surface area contributed by atoms with E-state index in [-0.39, 0.29) is 6.04 Å². The number of hydrogen-bond acceptors (Lipinski definition) is 4. The predicted octanol–water partition coefficient (Wildman–Crippen LogP) is 1.69. The number of ether oxygens (including phenoxy) is 1. The van der Waals surface area contributed by atoms with Gasteiger partial charge >= 0.3 is 0 Å². The van der Waals surface area contributed by atoms with E-state index in [1.54, 1.807) is 13.1 Å². The van der Waals surface area contributed by atoms with Gasteiger partial charge in [0.05, 0.1) is 11.7 Å². The fraction of sp³-hybridized carbons (Fsp3) is 0.571. The molecule has 2 heterocycles. The van der Waals surface area contributed by atoms with Crippen molar-refractivity contribution in [3.63, 3.8) is 0 Å². The number of hydrogen-bond donors (Lipinski definition) is 0. The molecule has 0 N–H and O–H groups in total. The number of fused-ring (bicyclic) bond motifs is 1. The molecular formula is C14H20N2O3S. The minimum absolute atomic E-state index is 0.168. The lowest BCUT2D eigenvalue weighted by atomic mass is 10.2. The van der Waals surface area contributed by atoms with E-state index < -0.39 is 10.0 Å². The minimum atomic E-state index is -3.51. The number of nitrogens with zero attached hydrogens (tertiary/aromatic N) is 2. The average Bonchev–Trinajstić information content (AvgIpc) is 2.94. The second-order valence-electron chi connectivity index (χ2n) is 5.48. The van der Waals surface area contributed by atoms with Crippen LogP contribution < -0.4 is 9.64 Å². The van der Waals surface area contributed by atoms with Crippen LogP contribution in [-0.4, -0.2) is 45.5 Å². The summed E-state index contributed by atoms with van der Waals surface area (Å²) in [5.41, 5.74) is 0.779. The SMILES string of the molecule is C[C@H]1COc2cccc(N3CCCC3)c2S(=O)(=O)N1C. The largest absolute Gasteiger partial charge is 0.490 e. The summed E-state index contributed by atoms with van der Waals surface area (Å²) in [6.07, 6.45) is 2.22. The quantitative estimate of drug-likeness (QED) is 0.791. The van der Waals surface area contributed by atoms with Crippen LogP contribution >= 0.6 is 0 Å². The summed E-state index contributed by atoms with van der Waals surface area (Å²) in [4.78, 5) is 2.47. The van der Waals surface area contributed by atoms with Crippen molar-refractivity contribution in [3.8, 4) is 5.75 Å². The lowest BCUT2D eigenvalue weighted by molar-refractivity contribution is 0.241. The zero-order chi connectivity index (χ0) is 14.3. The van der Waals surface area contributed by atoms with Crippen LogP contribution in [0.4, 0.5) is 5.69 Å². The van der Waals surface area contributed by atoms with Gasteiger partial charge in [-0.1, -0.05) is 6.07 Å². The molecule has 0 radical (unpaired) electrons. The number of likely N-dealkylation sites (N-methyl/N-ethyl adjacent to an activating group) is 1. The summed E-state index contributed by atoms with van der Waals surface area (Å²) in [5.74, 6) is 0.477. The summed E-state index contributed by atoms with van der Waals surface area (Å²) in [6.45, 7) is 4.06. The molecule has 1 saturated heterocycles. The zero-order valence-corrected chi connectivity index (χ0v) is 12.7. The summed E-state index contributed by atoms with van der Waals surface area (Å²) < 4.78 is 32.8. The zero-order valence-electron chi connectivity index (χ0n) is 11.9. The van der Waals surface area contributed by atoms with Gasteiger partial charge in [-0.05, 0) is 31.9 Å². The predicted molar refractivity (Wildman–Crippen MR) is 77.8 cm³/mol. The Hall–Kier alpha value is -1.27. The normalized spacial score (nSPS) is 25.9. The van der Waals surface area contributed by atoms with E-state index in [1.165, 1.54) is 4.31 Å². The van der Waals surface area contributed by atoms with E-state index >= 15 is 0 Å². The van der Waals surface area contributed by atoms with E-state index in [0.29, 0.717) is 17.3 Å². The molecule has 6 heteroatoms. The summed E-state index contributed by atoms with van der Waals surface area (Å²) in [6, 6.07) is 5.34. The summed E-state index contributed by atoms with van der Waals surface area (Å²) in [7, 11) is -1.88. The molecule has 0 unspecified atom stereocenters. The second-order valence-corrected chi connectivity index (χ2v) is 7.41. The van der Waals surface area contributed by atoms with E-state index in [1.807, 2.05) is 19.1 Å². The molecule has 0 bridgehead atoms. The average molecular weight is 296 g/mol. The van der Waals surface area contributed by atoms with Gasteiger partial charge in [-0.2, -0.15) is 4.31 Å². The molecule has 5 nitrogen and oxygen atoms in total. The second kappa shape index (κ2) is 4.93.